The van der Waals surface area contributed by atoms with Crippen LogP contribution in [-0.4, -0.2) is 27.7 Å². The molecule has 1 heterocycles. The lowest BCUT2D eigenvalue weighted by Crippen LogP contribution is -2.10. The van der Waals surface area contributed by atoms with Crippen LogP contribution in [0, 0.1) is 18.3 Å². The topological polar surface area (TPSA) is 99.0 Å². The maximum absolute atomic E-state index is 10.7. The van der Waals surface area contributed by atoms with E-state index >= 15 is 0 Å². The van der Waals surface area contributed by atoms with Crippen LogP contribution in [0.4, 0.5) is 0 Å². The summed E-state index contributed by atoms with van der Waals surface area (Å²) in [5, 5.41) is 18.3. The normalized spacial score (nSPS) is 11.4. The average molecular weight is 491 g/mol. The number of allylic oxidation sites excluding steroid dienone is 1. The van der Waals surface area contributed by atoms with E-state index in [0.29, 0.717) is 26.1 Å². The van der Waals surface area contributed by atoms with Crippen molar-refractivity contribution >= 4 is 60.5 Å². The van der Waals surface area contributed by atoms with Crippen molar-refractivity contribution in [2.24, 2.45) is 0 Å². The van der Waals surface area contributed by atoms with Gasteiger partial charge in [0.05, 0.1) is 25.6 Å². The van der Waals surface area contributed by atoms with Gasteiger partial charge in [-0.2, -0.15) is 5.26 Å². The van der Waals surface area contributed by atoms with E-state index in [2.05, 4.69) is 47.9 Å². The Morgan fingerprint density at radius 2 is 2.04 bits per heavy atom. The number of imidazole rings is 1. The molecule has 2 aromatic carbocycles. The molecule has 27 heavy (non-hydrogen) atoms. The summed E-state index contributed by atoms with van der Waals surface area (Å²) in [4.78, 5) is 18.3. The molecule has 2 N–H and O–H groups in total. The first-order valence-electron chi connectivity index (χ1n) is 7.79. The van der Waals surface area contributed by atoms with Crippen LogP contribution in [0.3, 0.4) is 0 Å². The molecule has 3 rings (SSSR count). The van der Waals surface area contributed by atoms with Gasteiger partial charge in [-0.25, -0.2) is 9.78 Å². The van der Waals surface area contributed by atoms with Crippen LogP contribution in [0.1, 0.15) is 17.0 Å². The van der Waals surface area contributed by atoms with E-state index in [1.807, 2.05) is 25.1 Å². The number of hydrogen-bond acceptors (Lipinski definition) is 4. The highest BCUT2D eigenvalue weighted by Gasteiger charge is 2.12. The van der Waals surface area contributed by atoms with Crippen molar-refractivity contribution in [1.29, 1.82) is 5.26 Å². The highest BCUT2D eigenvalue weighted by molar-refractivity contribution is 9.11. The van der Waals surface area contributed by atoms with Crippen LogP contribution in [0.15, 0.2) is 39.3 Å². The fraction of sp³-hybridized carbons (Fsp3) is 0.105. The molecule has 0 saturated carbocycles. The van der Waals surface area contributed by atoms with Crippen LogP contribution in [0.25, 0.3) is 22.7 Å². The molecule has 0 aliphatic heterocycles. The number of hydrogen-bond donors (Lipinski definition) is 2. The number of rotatable bonds is 5. The van der Waals surface area contributed by atoms with E-state index in [1.54, 1.807) is 18.2 Å². The Kier molecular flexibility index (Phi) is 5.63. The van der Waals surface area contributed by atoms with Crippen molar-refractivity contribution in [3.05, 3.63) is 56.2 Å². The Morgan fingerprint density at radius 3 is 2.67 bits per heavy atom. The second-order valence-electron chi connectivity index (χ2n) is 5.77. The molecule has 3 aromatic rings. The average Bonchev–Trinajstić information content (AvgIpc) is 3.01. The zero-order valence-corrected chi connectivity index (χ0v) is 17.3. The fourth-order valence-electron chi connectivity index (χ4n) is 2.51. The molecule has 0 amide bonds. The van der Waals surface area contributed by atoms with Crippen LogP contribution in [0.5, 0.6) is 5.75 Å². The summed E-state index contributed by atoms with van der Waals surface area (Å²) < 4.78 is 6.40. The minimum Gasteiger partial charge on any atom is -0.480 e. The number of carbonyl (C=O) groups is 1. The molecule has 0 unspecified atom stereocenters. The van der Waals surface area contributed by atoms with Crippen molar-refractivity contribution in [3.8, 4) is 11.8 Å². The molecule has 0 spiro atoms. The van der Waals surface area contributed by atoms with Gasteiger partial charge in [-0.15, -0.1) is 0 Å². The van der Waals surface area contributed by atoms with Gasteiger partial charge in [0.1, 0.15) is 17.6 Å². The molecule has 0 fully saturated rings. The number of carboxylic acid groups (broad SMARTS) is 1. The summed E-state index contributed by atoms with van der Waals surface area (Å²) >= 11 is 6.74. The number of fused-ring (bicyclic) bond motifs is 1. The molecule has 0 saturated heterocycles. The molecular formula is C19H13Br2N3O3. The van der Waals surface area contributed by atoms with E-state index in [4.69, 9.17) is 9.84 Å². The predicted octanol–water partition coefficient (Wildman–Crippen LogP) is 4.92. The summed E-state index contributed by atoms with van der Waals surface area (Å²) in [5.74, 6) is -0.200. The van der Waals surface area contributed by atoms with Gasteiger partial charge in [-0.3, -0.25) is 0 Å². The highest BCUT2D eigenvalue weighted by atomic mass is 79.9. The molecule has 1 aromatic heterocycles. The summed E-state index contributed by atoms with van der Waals surface area (Å²) in [7, 11) is 0. The largest absolute Gasteiger partial charge is 0.480 e. The lowest BCUT2D eigenvalue weighted by molar-refractivity contribution is -0.139. The van der Waals surface area contributed by atoms with Crippen molar-refractivity contribution in [2.45, 2.75) is 6.92 Å². The first-order valence-corrected chi connectivity index (χ1v) is 9.38. The number of halogens is 2. The van der Waals surface area contributed by atoms with Gasteiger partial charge in [0.25, 0.3) is 0 Å². The number of aromatic amines is 1. The molecular weight excluding hydrogens is 478 g/mol. The van der Waals surface area contributed by atoms with Gasteiger partial charge in [0, 0.05) is 0 Å². The van der Waals surface area contributed by atoms with Crippen LogP contribution in [-0.2, 0) is 4.79 Å². The van der Waals surface area contributed by atoms with Crippen LogP contribution in [0.2, 0.25) is 0 Å². The predicted molar refractivity (Wildman–Crippen MR) is 109 cm³/mol. The Hall–Kier alpha value is -2.63. The number of aromatic nitrogens is 2. The number of aliphatic carboxylic acids is 1. The Morgan fingerprint density at radius 1 is 1.33 bits per heavy atom. The summed E-state index contributed by atoms with van der Waals surface area (Å²) in [5.41, 5.74) is 3.86. The second-order valence-corrected chi connectivity index (χ2v) is 7.48. The number of aryl methyl sites for hydroxylation is 1. The van der Waals surface area contributed by atoms with E-state index in [1.165, 1.54) is 0 Å². The number of benzene rings is 2. The first kappa shape index (κ1) is 19.1. The third kappa shape index (κ3) is 4.38. The van der Waals surface area contributed by atoms with Crippen LogP contribution < -0.4 is 4.74 Å². The number of nitrogens with one attached hydrogen (secondary N) is 1. The van der Waals surface area contributed by atoms with Gasteiger partial charge in [-0.1, -0.05) is 6.07 Å². The Labute approximate surface area is 171 Å². The minimum absolute atomic E-state index is 0.377. The summed E-state index contributed by atoms with van der Waals surface area (Å²) in [6, 6.07) is 11.5. The Balaban J connectivity index is 1.97. The number of ether oxygens (including phenoxy) is 1. The van der Waals surface area contributed by atoms with Gasteiger partial charge >= 0.3 is 5.97 Å². The summed E-state index contributed by atoms with van der Waals surface area (Å²) in [6.45, 7) is 1.54. The van der Waals surface area contributed by atoms with E-state index < -0.39 is 12.6 Å². The van der Waals surface area contributed by atoms with Gasteiger partial charge < -0.3 is 14.8 Å². The lowest BCUT2D eigenvalue weighted by atomic mass is 10.1. The van der Waals surface area contributed by atoms with Crippen molar-refractivity contribution in [1.82, 2.24) is 9.97 Å². The maximum Gasteiger partial charge on any atom is 0.341 e. The third-order valence-corrected chi connectivity index (χ3v) is 4.86. The first-order chi connectivity index (χ1) is 12.9. The second kappa shape index (κ2) is 7.94. The molecule has 0 radical (unpaired) electrons. The number of nitriles is 1. The SMILES string of the molecule is Cc1ccc2nc(C(C#N)=Cc3cc(Br)c(OCC(=O)O)c(Br)c3)[nH]c2c1. The summed E-state index contributed by atoms with van der Waals surface area (Å²) in [6.07, 6.45) is 1.70. The molecule has 136 valence electrons. The number of nitrogens with zero attached hydrogens (tertiary/aromatic N) is 2. The number of carboxylic acids is 1. The monoisotopic (exact) mass is 489 g/mol. The van der Waals surface area contributed by atoms with Gasteiger partial charge in [0.2, 0.25) is 0 Å². The Bertz CT molecular complexity index is 1090. The minimum atomic E-state index is -1.07. The van der Waals surface area contributed by atoms with Gasteiger partial charge in [0.15, 0.2) is 6.61 Å². The molecule has 0 aliphatic carbocycles. The molecule has 0 aliphatic rings. The van der Waals surface area contributed by atoms with Crippen molar-refractivity contribution < 1.29 is 14.6 Å². The molecule has 0 bridgehead atoms. The lowest BCUT2D eigenvalue weighted by Gasteiger charge is -2.09. The van der Waals surface area contributed by atoms with E-state index in [-0.39, 0.29) is 0 Å². The smallest absolute Gasteiger partial charge is 0.341 e. The third-order valence-electron chi connectivity index (χ3n) is 3.68. The zero-order chi connectivity index (χ0) is 19.6. The zero-order valence-electron chi connectivity index (χ0n) is 14.1. The number of H-pyrrole nitrogens is 1. The molecule has 6 nitrogen and oxygen atoms in total. The quantitative estimate of drug-likeness (QED) is 0.494. The fourth-order valence-corrected chi connectivity index (χ4v) is 3.96. The van der Waals surface area contributed by atoms with Crippen molar-refractivity contribution in [3.63, 3.8) is 0 Å². The standard InChI is InChI=1S/C19H13Br2N3O3/c1-10-2-3-15-16(4-10)24-19(23-15)12(8-22)5-11-6-13(20)18(14(21)7-11)27-9-17(25)26/h2-7H,9H2,1H3,(H,23,24)(H,25,26). The van der Waals surface area contributed by atoms with E-state index in [0.717, 1.165) is 22.2 Å². The molecule has 0 atom stereocenters. The van der Waals surface area contributed by atoms with Gasteiger partial charge in [-0.05, 0) is 80.3 Å². The highest BCUT2D eigenvalue weighted by Crippen LogP contribution is 2.35. The van der Waals surface area contributed by atoms with Crippen molar-refractivity contribution in [2.75, 3.05) is 6.61 Å². The van der Waals surface area contributed by atoms with E-state index in [9.17, 15) is 10.1 Å². The molecule has 8 heteroatoms. The maximum atomic E-state index is 10.7. The van der Waals surface area contributed by atoms with Crippen LogP contribution >= 0.6 is 31.9 Å².